The second-order valence-corrected chi connectivity index (χ2v) is 7.79. The zero-order chi connectivity index (χ0) is 17.7. The van der Waals surface area contributed by atoms with Crippen LogP contribution < -0.4 is 10.2 Å². The predicted molar refractivity (Wildman–Crippen MR) is 107 cm³/mol. The average molecular weight is 539 g/mol. The Morgan fingerprint density at radius 2 is 1.75 bits per heavy atom. The molecule has 8 heteroatoms. The highest BCUT2D eigenvalue weighted by Gasteiger charge is 2.10. The number of halogens is 4. The summed E-state index contributed by atoms with van der Waals surface area (Å²) in [7, 11) is 0. The summed E-state index contributed by atoms with van der Waals surface area (Å²) in [6.45, 7) is 1.64. The summed E-state index contributed by atoms with van der Waals surface area (Å²) in [6.07, 6.45) is 0. The van der Waals surface area contributed by atoms with E-state index >= 15 is 0 Å². The van der Waals surface area contributed by atoms with Crippen LogP contribution in [0.2, 0.25) is 5.02 Å². The van der Waals surface area contributed by atoms with Crippen molar-refractivity contribution in [2.24, 2.45) is 5.10 Å². The van der Waals surface area contributed by atoms with Crippen molar-refractivity contribution < 1.29 is 9.53 Å². The van der Waals surface area contributed by atoms with E-state index in [1.165, 1.54) is 0 Å². The van der Waals surface area contributed by atoms with Crippen molar-refractivity contribution in [1.29, 1.82) is 0 Å². The highest BCUT2D eigenvalue weighted by molar-refractivity contribution is 9.11. The van der Waals surface area contributed by atoms with Crippen LogP contribution in [0.5, 0.6) is 5.75 Å². The fourth-order valence-corrected chi connectivity index (χ4v) is 4.35. The number of rotatable bonds is 5. The maximum Gasteiger partial charge on any atom is 0.277 e. The lowest BCUT2D eigenvalue weighted by molar-refractivity contribution is -0.123. The number of ether oxygens (including phenoxy) is 1. The molecule has 126 valence electrons. The first kappa shape index (κ1) is 19.4. The topological polar surface area (TPSA) is 50.7 Å². The van der Waals surface area contributed by atoms with E-state index in [1.54, 1.807) is 19.1 Å². The molecule has 0 heterocycles. The van der Waals surface area contributed by atoms with Gasteiger partial charge in [-0.1, -0.05) is 39.7 Å². The molecule has 24 heavy (non-hydrogen) atoms. The van der Waals surface area contributed by atoms with Crippen LogP contribution in [-0.4, -0.2) is 18.2 Å². The molecule has 2 aromatic rings. The van der Waals surface area contributed by atoms with Crippen molar-refractivity contribution in [3.63, 3.8) is 0 Å². The molecule has 0 fully saturated rings. The quantitative estimate of drug-likeness (QED) is 0.401. The van der Waals surface area contributed by atoms with Gasteiger partial charge in [0.15, 0.2) is 6.61 Å². The molecule has 0 unspecified atom stereocenters. The molecule has 1 amide bonds. The Morgan fingerprint density at radius 1 is 1.17 bits per heavy atom. The van der Waals surface area contributed by atoms with E-state index in [-0.39, 0.29) is 12.5 Å². The largest absolute Gasteiger partial charge is 0.481 e. The van der Waals surface area contributed by atoms with Gasteiger partial charge in [-0.3, -0.25) is 4.79 Å². The van der Waals surface area contributed by atoms with Crippen molar-refractivity contribution in [3.8, 4) is 5.75 Å². The van der Waals surface area contributed by atoms with Gasteiger partial charge < -0.3 is 4.74 Å². The summed E-state index contributed by atoms with van der Waals surface area (Å²) in [5.74, 6) is 0.191. The average Bonchev–Trinajstić information content (AvgIpc) is 2.52. The van der Waals surface area contributed by atoms with Crippen LogP contribution in [0, 0.1) is 0 Å². The van der Waals surface area contributed by atoms with Crippen LogP contribution in [-0.2, 0) is 4.79 Å². The smallest absolute Gasteiger partial charge is 0.277 e. The summed E-state index contributed by atoms with van der Waals surface area (Å²) in [6, 6.07) is 10.9. The van der Waals surface area contributed by atoms with E-state index in [9.17, 15) is 4.79 Å². The molecule has 1 N–H and O–H groups in total. The molecule has 0 radical (unpaired) electrons. The third-order valence-corrected chi connectivity index (χ3v) is 4.81. The molecular formula is C16H12Br3ClN2O2. The van der Waals surface area contributed by atoms with Gasteiger partial charge in [-0.25, -0.2) is 5.43 Å². The minimum Gasteiger partial charge on any atom is -0.481 e. The van der Waals surface area contributed by atoms with Crippen molar-refractivity contribution in [2.45, 2.75) is 6.92 Å². The summed E-state index contributed by atoms with van der Waals surface area (Å²) < 4.78 is 7.88. The first-order valence-corrected chi connectivity index (χ1v) is 9.49. The molecular weight excluding hydrogens is 527 g/mol. The van der Waals surface area contributed by atoms with Gasteiger partial charge in [0.1, 0.15) is 5.75 Å². The number of hydrogen-bond donors (Lipinski definition) is 1. The standard InChI is InChI=1S/C16H12Br3ClN2O2/c1-9(10-2-4-12(20)5-3-10)21-22-15(23)8-24-16-13(18)6-11(17)7-14(16)19/h2-7H,8H2,1H3,(H,22,23)/b21-9-. The van der Waals surface area contributed by atoms with Gasteiger partial charge in [0.05, 0.1) is 14.7 Å². The van der Waals surface area contributed by atoms with Crippen molar-refractivity contribution >= 4 is 71.0 Å². The van der Waals surface area contributed by atoms with Crippen LogP contribution in [0.25, 0.3) is 0 Å². The molecule has 0 bridgehead atoms. The Morgan fingerprint density at radius 3 is 2.33 bits per heavy atom. The highest BCUT2D eigenvalue weighted by Crippen LogP contribution is 2.36. The third-order valence-electron chi connectivity index (χ3n) is 2.92. The SMILES string of the molecule is C/C(=N/NC(=O)COc1c(Br)cc(Br)cc1Br)c1ccc(Cl)cc1. The highest BCUT2D eigenvalue weighted by atomic mass is 79.9. The zero-order valence-electron chi connectivity index (χ0n) is 12.4. The summed E-state index contributed by atoms with van der Waals surface area (Å²) in [5, 5.41) is 4.71. The van der Waals surface area contributed by atoms with Gasteiger partial charge in [-0.15, -0.1) is 0 Å². The summed E-state index contributed by atoms with van der Waals surface area (Å²) in [4.78, 5) is 11.9. The van der Waals surface area contributed by atoms with Crippen molar-refractivity contribution in [1.82, 2.24) is 5.43 Å². The second kappa shape index (κ2) is 8.99. The lowest BCUT2D eigenvalue weighted by atomic mass is 10.1. The summed E-state index contributed by atoms with van der Waals surface area (Å²) in [5.41, 5.74) is 4.01. The fraction of sp³-hybridized carbons (Fsp3) is 0.125. The third kappa shape index (κ3) is 5.58. The van der Waals surface area contributed by atoms with Crippen LogP contribution >= 0.6 is 59.4 Å². The fourth-order valence-electron chi connectivity index (χ4n) is 1.74. The molecule has 2 aromatic carbocycles. The van der Waals surface area contributed by atoms with E-state index in [0.29, 0.717) is 16.5 Å². The van der Waals surface area contributed by atoms with Crippen LogP contribution in [0.4, 0.5) is 0 Å². The lowest BCUT2D eigenvalue weighted by Gasteiger charge is -2.10. The van der Waals surface area contributed by atoms with Gasteiger partial charge in [-0.05, 0) is 68.6 Å². The van der Waals surface area contributed by atoms with E-state index < -0.39 is 0 Å². The van der Waals surface area contributed by atoms with Crippen LogP contribution in [0.15, 0.2) is 54.9 Å². The first-order valence-electron chi connectivity index (χ1n) is 6.73. The molecule has 0 aromatic heterocycles. The van der Waals surface area contributed by atoms with E-state index in [4.69, 9.17) is 16.3 Å². The van der Waals surface area contributed by atoms with Crippen molar-refractivity contribution in [3.05, 3.63) is 60.4 Å². The number of carbonyl (C=O) groups is 1. The Balaban J connectivity index is 1.94. The molecule has 0 aliphatic heterocycles. The van der Waals surface area contributed by atoms with Gasteiger partial charge in [0.2, 0.25) is 0 Å². The number of hydrazone groups is 1. The molecule has 0 saturated carbocycles. The van der Waals surface area contributed by atoms with Gasteiger partial charge >= 0.3 is 0 Å². The monoisotopic (exact) mass is 536 g/mol. The Hall–Kier alpha value is -0.890. The maximum atomic E-state index is 11.9. The molecule has 0 aliphatic rings. The molecule has 0 aliphatic carbocycles. The minimum atomic E-state index is -0.356. The van der Waals surface area contributed by atoms with Gasteiger partial charge in [0.25, 0.3) is 5.91 Å². The van der Waals surface area contributed by atoms with Crippen LogP contribution in [0.1, 0.15) is 12.5 Å². The van der Waals surface area contributed by atoms with Crippen LogP contribution in [0.3, 0.4) is 0 Å². The number of benzene rings is 2. The second-order valence-electron chi connectivity index (χ2n) is 4.73. The van der Waals surface area contributed by atoms with Crippen molar-refractivity contribution in [2.75, 3.05) is 6.61 Å². The van der Waals surface area contributed by atoms with E-state index in [1.807, 2.05) is 24.3 Å². The predicted octanol–water partition coefficient (Wildman–Crippen LogP) is 5.55. The molecule has 2 rings (SSSR count). The first-order chi connectivity index (χ1) is 11.4. The summed E-state index contributed by atoms with van der Waals surface area (Å²) >= 11 is 16.0. The number of carbonyl (C=O) groups excluding carboxylic acids is 1. The Bertz CT molecular complexity index is 756. The maximum absolute atomic E-state index is 11.9. The molecule has 0 saturated heterocycles. The van der Waals surface area contributed by atoms with Gasteiger partial charge in [0, 0.05) is 9.50 Å². The Labute approximate surface area is 170 Å². The molecule has 4 nitrogen and oxygen atoms in total. The number of nitrogens with one attached hydrogen (secondary N) is 1. The minimum absolute atomic E-state index is 0.157. The lowest BCUT2D eigenvalue weighted by Crippen LogP contribution is -2.25. The number of hydrogen-bond acceptors (Lipinski definition) is 3. The number of nitrogens with zero attached hydrogens (tertiary/aromatic N) is 1. The van der Waals surface area contributed by atoms with E-state index in [0.717, 1.165) is 19.0 Å². The van der Waals surface area contributed by atoms with E-state index in [2.05, 4.69) is 58.3 Å². The normalized spacial score (nSPS) is 11.3. The number of amides is 1. The van der Waals surface area contributed by atoms with Gasteiger partial charge in [-0.2, -0.15) is 5.10 Å². The zero-order valence-corrected chi connectivity index (χ0v) is 18.0. The molecule has 0 atom stereocenters. The molecule has 0 spiro atoms. The Kier molecular flexibility index (Phi) is 7.28.